The van der Waals surface area contributed by atoms with Crippen LogP contribution in [0.15, 0.2) is 53.7 Å². The summed E-state index contributed by atoms with van der Waals surface area (Å²) >= 11 is 0. The fraction of sp³-hybridized carbons (Fsp3) is 0.125. The Hall–Kier alpha value is -2.90. The van der Waals surface area contributed by atoms with E-state index in [1.54, 1.807) is 6.07 Å². The topological polar surface area (TPSA) is 50.7 Å². The van der Waals surface area contributed by atoms with Gasteiger partial charge >= 0.3 is 6.18 Å². The van der Waals surface area contributed by atoms with Gasteiger partial charge in [0.1, 0.15) is 5.82 Å². The number of carbonyl (C=O) groups is 1. The molecule has 1 N–H and O–H groups in total. The third-order valence-corrected chi connectivity index (χ3v) is 2.82. The van der Waals surface area contributed by atoms with Crippen molar-refractivity contribution in [3.05, 3.63) is 65.5 Å². The summed E-state index contributed by atoms with van der Waals surface area (Å²) < 4.78 is 50.1. The number of anilines is 1. The lowest BCUT2D eigenvalue weighted by atomic mass is 10.2. The Kier molecular flexibility index (Phi) is 5.51. The first kappa shape index (κ1) is 17.5. The molecule has 0 aliphatic heterocycles. The SMILES string of the molecule is O=C(CO/N=C\c1cccc(F)c1)Nc1ccc(C(F)(F)F)cc1. The molecule has 2 aromatic rings. The van der Waals surface area contributed by atoms with Crippen molar-refractivity contribution < 1.29 is 27.2 Å². The van der Waals surface area contributed by atoms with Gasteiger partial charge in [-0.05, 0) is 42.0 Å². The Morgan fingerprint density at radius 3 is 2.50 bits per heavy atom. The summed E-state index contributed by atoms with van der Waals surface area (Å²) in [5.74, 6) is -1.02. The highest BCUT2D eigenvalue weighted by atomic mass is 19.4. The number of carbonyl (C=O) groups excluding carboxylic acids is 1. The number of halogens is 4. The molecular weight excluding hydrogens is 328 g/mol. The summed E-state index contributed by atoms with van der Waals surface area (Å²) in [7, 11) is 0. The number of amides is 1. The summed E-state index contributed by atoms with van der Waals surface area (Å²) in [5, 5.41) is 5.87. The van der Waals surface area contributed by atoms with Crippen molar-refractivity contribution in [1.82, 2.24) is 0 Å². The van der Waals surface area contributed by atoms with Crippen LogP contribution in [0, 0.1) is 5.82 Å². The van der Waals surface area contributed by atoms with Gasteiger partial charge in [-0.2, -0.15) is 13.2 Å². The molecule has 4 nitrogen and oxygen atoms in total. The summed E-state index contributed by atoms with van der Waals surface area (Å²) in [6.07, 6.45) is -3.20. The standard InChI is InChI=1S/C16H12F4N2O2/c17-13-3-1-2-11(8-13)9-21-24-10-15(23)22-14-6-4-12(5-7-14)16(18,19)20/h1-9H,10H2,(H,22,23)/b21-9-. The zero-order chi connectivity index (χ0) is 17.6. The zero-order valence-corrected chi connectivity index (χ0v) is 12.2. The predicted molar refractivity (Wildman–Crippen MR) is 80.0 cm³/mol. The van der Waals surface area contributed by atoms with E-state index in [1.807, 2.05) is 0 Å². The van der Waals surface area contributed by atoms with E-state index in [4.69, 9.17) is 4.84 Å². The molecule has 2 rings (SSSR count). The molecule has 0 saturated carbocycles. The number of hydrogen-bond donors (Lipinski definition) is 1. The van der Waals surface area contributed by atoms with E-state index in [1.165, 1.54) is 24.4 Å². The van der Waals surface area contributed by atoms with E-state index < -0.39 is 30.1 Å². The van der Waals surface area contributed by atoms with Gasteiger partial charge in [0.25, 0.3) is 5.91 Å². The van der Waals surface area contributed by atoms with Gasteiger partial charge in [-0.25, -0.2) is 4.39 Å². The maximum atomic E-state index is 12.9. The molecule has 1 amide bonds. The number of nitrogens with zero attached hydrogens (tertiary/aromatic N) is 1. The minimum atomic E-state index is -4.43. The average molecular weight is 340 g/mol. The lowest BCUT2D eigenvalue weighted by Crippen LogP contribution is -2.17. The van der Waals surface area contributed by atoms with Gasteiger partial charge in [0.05, 0.1) is 11.8 Å². The van der Waals surface area contributed by atoms with Crippen molar-refractivity contribution in [2.45, 2.75) is 6.18 Å². The molecule has 0 bridgehead atoms. The van der Waals surface area contributed by atoms with E-state index in [0.29, 0.717) is 5.56 Å². The van der Waals surface area contributed by atoms with Crippen LogP contribution in [0.25, 0.3) is 0 Å². The maximum absolute atomic E-state index is 12.9. The van der Waals surface area contributed by atoms with E-state index in [0.717, 1.165) is 24.3 Å². The van der Waals surface area contributed by atoms with Crippen molar-refractivity contribution in [1.29, 1.82) is 0 Å². The van der Waals surface area contributed by atoms with E-state index >= 15 is 0 Å². The Labute approximate surface area is 134 Å². The van der Waals surface area contributed by atoms with Crippen LogP contribution in [-0.4, -0.2) is 18.7 Å². The van der Waals surface area contributed by atoms with Crippen LogP contribution in [0.4, 0.5) is 23.2 Å². The van der Waals surface area contributed by atoms with Crippen LogP contribution in [0.5, 0.6) is 0 Å². The Balaban J connectivity index is 1.81. The largest absolute Gasteiger partial charge is 0.416 e. The molecule has 0 aliphatic rings. The van der Waals surface area contributed by atoms with Gasteiger partial charge in [0, 0.05) is 5.69 Å². The second-order valence-electron chi connectivity index (χ2n) is 4.69. The number of nitrogens with one attached hydrogen (secondary N) is 1. The number of benzene rings is 2. The molecule has 24 heavy (non-hydrogen) atoms. The van der Waals surface area contributed by atoms with Crippen molar-refractivity contribution in [2.75, 3.05) is 11.9 Å². The van der Waals surface area contributed by atoms with Crippen LogP contribution >= 0.6 is 0 Å². The number of alkyl halides is 3. The van der Waals surface area contributed by atoms with Crippen LogP contribution in [-0.2, 0) is 15.8 Å². The maximum Gasteiger partial charge on any atom is 0.416 e. The average Bonchev–Trinajstić information content (AvgIpc) is 2.51. The quantitative estimate of drug-likeness (QED) is 0.511. The first-order valence-electron chi connectivity index (χ1n) is 6.72. The highest BCUT2D eigenvalue weighted by Gasteiger charge is 2.29. The highest BCUT2D eigenvalue weighted by Crippen LogP contribution is 2.29. The molecule has 0 radical (unpaired) electrons. The number of oxime groups is 1. The molecule has 0 aromatic heterocycles. The Morgan fingerprint density at radius 1 is 1.17 bits per heavy atom. The molecule has 0 heterocycles. The smallest absolute Gasteiger partial charge is 0.386 e. The number of rotatable bonds is 5. The van der Waals surface area contributed by atoms with Gasteiger partial charge in [0.2, 0.25) is 0 Å². The van der Waals surface area contributed by atoms with Crippen molar-refractivity contribution in [3.63, 3.8) is 0 Å². The number of hydrogen-bond acceptors (Lipinski definition) is 3. The lowest BCUT2D eigenvalue weighted by Gasteiger charge is -2.08. The van der Waals surface area contributed by atoms with Gasteiger partial charge < -0.3 is 10.2 Å². The molecule has 0 aliphatic carbocycles. The van der Waals surface area contributed by atoms with Crippen molar-refractivity contribution >= 4 is 17.8 Å². The van der Waals surface area contributed by atoms with Crippen LogP contribution < -0.4 is 5.32 Å². The minimum Gasteiger partial charge on any atom is -0.386 e. The zero-order valence-electron chi connectivity index (χ0n) is 12.2. The Morgan fingerprint density at radius 2 is 1.88 bits per heavy atom. The van der Waals surface area contributed by atoms with Gasteiger partial charge in [-0.15, -0.1) is 0 Å². The molecule has 0 unspecified atom stereocenters. The lowest BCUT2D eigenvalue weighted by molar-refractivity contribution is -0.137. The third-order valence-electron chi connectivity index (χ3n) is 2.82. The Bertz CT molecular complexity index is 728. The summed E-state index contributed by atoms with van der Waals surface area (Å²) in [4.78, 5) is 16.3. The van der Waals surface area contributed by atoms with Crippen molar-refractivity contribution in [3.8, 4) is 0 Å². The second-order valence-corrected chi connectivity index (χ2v) is 4.69. The fourth-order valence-electron chi connectivity index (χ4n) is 1.72. The molecule has 2 aromatic carbocycles. The van der Waals surface area contributed by atoms with Gasteiger partial charge in [-0.1, -0.05) is 17.3 Å². The molecule has 0 atom stereocenters. The molecule has 0 spiro atoms. The minimum absolute atomic E-state index is 0.200. The molecule has 0 saturated heterocycles. The van der Waals surface area contributed by atoms with E-state index in [-0.39, 0.29) is 5.69 Å². The van der Waals surface area contributed by atoms with E-state index in [2.05, 4.69) is 10.5 Å². The first-order chi connectivity index (χ1) is 11.3. The van der Waals surface area contributed by atoms with Crippen LogP contribution in [0.3, 0.4) is 0 Å². The van der Waals surface area contributed by atoms with Crippen LogP contribution in [0.2, 0.25) is 0 Å². The monoisotopic (exact) mass is 340 g/mol. The fourth-order valence-corrected chi connectivity index (χ4v) is 1.72. The summed E-state index contributed by atoms with van der Waals surface area (Å²) in [5.41, 5.74) is -0.153. The van der Waals surface area contributed by atoms with Gasteiger partial charge in [0.15, 0.2) is 6.61 Å². The van der Waals surface area contributed by atoms with Crippen LogP contribution in [0.1, 0.15) is 11.1 Å². The normalized spacial score (nSPS) is 11.5. The summed E-state index contributed by atoms with van der Waals surface area (Å²) in [6.45, 7) is -0.438. The summed E-state index contributed by atoms with van der Waals surface area (Å²) in [6, 6.07) is 9.58. The second kappa shape index (κ2) is 7.58. The van der Waals surface area contributed by atoms with Crippen molar-refractivity contribution in [2.24, 2.45) is 5.16 Å². The molecule has 0 fully saturated rings. The first-order valence-corrected chi connectivity index (χ1v) is 6.72. The molecule has 126 valence electrons. The third kappa shape index (κ3) is 5.38. The molecular formula is C16H12F4N2O2. The highest BCUT2D eigenvalue weighted by molar-refractivity contribution is 5.91. The predicted octanol–water partition coefficient (Wildman–Crippen LogP) is 3.83. The van der Waals surface area contributed by atoms with Gasteiger partial charge in [-0.3, -0.25) is 4.79 Å². The molecule has 8 heteroatoms. The van der Waals surface area contributed by atoms with E-state index in [9.17, 15) is 22.4 Å².